The molecule has 0 aromatic rings. The van der Waals surface area contributed by atoms with E-state index in [-0.39, 0.29) is 5.92 Å². The minimum atomic E-state index is 0.275. The van der Waals surface area contributed by atoms with Gasteiger partial charge in [-0.1, -0.05) is 0 Å². The summed E-state index contributed by atoms with van der Waals surface area (Å²) < 4.78 is 0. The number of hydrogen-bond acceptors (Lipinski definition) is 3. The fourth-order valence-electron chi connectivity index (χ4n) is 2.41. The summed E-state index contributed by atoms with van der Waals surface area (Å²) in [6.07, 6.45) is 1.27. The van der Waals surface area contributed by atoms with Gasteiger partial charge in [0.05, 0.1) is 5.92 Å². The van der Waals surface area contributed by atoms with Gasteiger partial charge in [-0.15, -0.1) is 0 Å². The monoisotopic (exact) mass is 181 g/mol. The second-order valence-electron chi connectivity index (χ2n) is 4.39. The van der Waals surface area contributed by atoms with Crippen LogP contribution < -0.4 is 10.6 Å². The molecule has 0 radical (unpaired) electrons. The second-order valence-corrected chi connectivity index (χ2v) is 4.39. The first kappa shape index (κ1) is 7.76. The van der Waals surface area contributed by atoms with Crippen molar-refractivity contribution in [3.05, 3.63) is 0 Å². The van der Waals surface area contributed by atoms with Crippen molar-refractivity contribution in [1.29, 1.82) is 0 Å². The van der Waals surface area contributed by atoms with Crippen LogP contribution in [0, 0.1) is 5.92 Å². The lowest BCUT2D eigenvalue weighted by Crippen LogP contribution is -2.69. The van der Waals surface area contributed by atoms with Crippen LogP contribution >= 0.6 is 0 Å². The highest BCUT2D eigenvalue weighted by Crippen LogP contribution is 2.22. The highest BCUT2D eigenvalue weighted by atomic mass is 16.2. The zero-order chi connectivity index (χ0) is 8.84. The zero-order valence-electron chi connectivity index (χ0n) is 7.62. The first-order valence-electron chi connectivity index (χ1n) is 5.08. The van der Waals surface area contributed by atoms with Crippen molar-refractivity contribution in [2.45, 2.75) is 18.5 Å². The first-order chi connectivity index (χ1) is 6.33. The molecule has 4 saturated heterocycles. The molecule has 2 bridgehead atoms. The summed E-state index contributed by atoms with van der Waals surface area (Å²) in [4.78, 5) is 13.8. The van der Waals surface area contributed by atoms with Crippen molar-refractivity contribution in [2.24, 2.45) is 5.92 Å². The van der Waals surface area contributed by atoms with E-state index in [1.165, 1.54) is 6.42 Å². The molecule has 13 heavy (non-hydrogen) atoms. The Hall–Kier alpha value is -0.610. The third-order valence-corrected chi connectivity index (χ3v) is 3.36. The van der Waals surface area contributed by atoms with Crippen molar-refractivity contribution >= 4 is 5.91 Å². The molecule has 0 saturated carbocycles. The molecule has 4 aliphatic rings. The van der Waals surface area contributed by atoms with E-state index in [4.69, 9.17) is 0 Å². The van der Waals surface area contributed by atoms with E-state index in [0.29, 0.717) is 18.0 Å². The lowest BCUT2D eigenvalue weighted by Gasteiger charge is -2.49. The Morgan fingerprint density at radius 3 is 2.31 bits per heavy atom. The number of piperidine rings is 1. The van der Waals surface area contributed by atoms with Gasteiger partial charge in [0.25, 0.3) is 0 Å². The highest BCUT2D eigenvalue weighted by molar-refractivity contribution is 5.80. The van der Waals surface area contributed by atoms with E-state index >= 15 is 0 Å². The molecule has 4 heterocycles. The molecule has 72 valence electrons. The number of carbonyl (C=O) groups excluding carboxylic acids is 1. The number of rotatable bonds is 1. The molecule has 2 N–H and O–H groups in total. The van der Waals surface area contributed by atoms with Crippen molar-refractivity contribution in [2.75, 3.05) is 26.2 Å². The minimum absolute atomic E-state index is 0.275. The largest absolute Gasteiger partial charge is 0.339 e. The van der Waals surface area contributed by atoms with Gasteiger partial charge in [0.2, 0.25) is 5.91 Å². The molecule has 4 heteroatoms. The molecule has 0 aromatic heterocycles. The normalized spacial score (nSPS) is 38.0. The topological polar surface area (TPSA) is 44.4 Å². The fraction of sp³-hybridized carbons (Fsp3) is 0.889. The Labute approximate surface area is 77.7 Å². The average Bonchev–Trinajstić information content (AvgIpc) is 2.00. The van der Waals surface area contributed by atoms with Gasteiger partial charge in [-0.2, -0.15) is 0 Å². The van der Waals surface area contributed by atoms with Gasteiger partial charge in [-0.25, -0.2) is 0 Å². The molecular weight excluding hydrogens is 166 g/mol. The molecule has 4 fully saturated rings. The van der Waals surface area contributed by atoms with Gasteiger partial charge in [-0.3, -0.25) is 4.79 Å². The van der Waals surface area contributed by atoms with Gasteiger partial charge in [0.1, 0.15) is 0 Å². The van der Waals surface area contributed by atoms with E-state index in [1.54, 1.807) is 0 Å². The van der Waals surface area contributed by atoms with Gasteiger partial charge in [-0.05, 0) is 6.42 Å². The molecule has 4 nitrogen and oxygen atoms in total. The lowest BCUT2D eigenvalue weighted by atomic mass is 9.89. The van der Waals surface area contributed by atoms with E-state index in [2.05, 4.69) is 10.6 Å². The second kappa shape index (κ2) is 2.69. The van der Waals surface area contributed by atoms with Crippen LogP contribution in [-0.4, -0.2) is 49.1 Å². The summed E-state index contributed by atoms with van der Waals surface area (Å²) in [6, 6.07) is 1.19. The van der Waals surface area contributed by atoms with E-state index in [9.17, 15) is 4.79 Å². The van der Waals surface area contributed by atoms with E-state index in [1.807, 2.05) is 4.90 Å². The Bertz CT molecular complexity index is 223. The Morgan fingerprint density at radius 2 is 1.85 bits per heavy atom. The number of nitrogens with zero attached hydrogens (tertiary/aromatic N) is 1. The average molecular weight is 181 g/mol. The molecule has 1 amide bonds. The molecule has 0 spiro atoms. The third kappa shape index (κ3) is 1.16. The summed E-state index contributed by atoms with van der Waals surface area (Å²) >= 11 is 0. The number of amides is 1. The molecule has 2 atom stereocenters. The van der Waals surface area contributed by atoms with Crippen LogP contribution in [0.2, 0.25) is 0 Å². The number of piperazine rings is 1. The van der Waals surface area contributed by atoms with Gasteiger partial charge >= 0.3 is 0 Å². The van der Waals surface area contributed by atoms with Gasteiger partial charge < -0.3 is 15.5 Å². The van der Waals surface area contributed by atoms with Gasteiger partial charge in [0, 0.05) is 38.3 Å². The van der Waals surface area contributed by atoms with Crippen LogP contribution in [0.4, 0.5) is 0 Å². The van der Waals surface area contributed by atoms with Crippen LogP contribution in [0.25, 0.3) is 0 Å². The van der Waals surface area contributed by atoms with E-state index < -0.39 is 0 Å². The molecule has 2 unspecified atom stereocenters. The number of nitrogens with one attached hydrogen (secondary N) is 2. The van der Waals surface area contributed by atoms with Crippen molar-refractivity contribution in [3.63, 3.8) is 0 Å². The predicted molar refractivity (Wildman–Crippen MR) is 48.3 cm³/mol. The van der Waals surface area contributed by atoms with E-state index in [0.717, 1.165) is 26.2 Å². The summed E-state index contributed by atoms with van der Waals surface area (Å²) in [5.41, 5.74) is 0. The summed E-state index contributed by atoms with van der Waals surface area (Å²) in [7, 11) is 0. The Morgan fingerprint density at radius 1 is 1.23 bits per heavy atom. The maximum Gasteiger partial charge on any atom is 0.228 e. The predicted octanol–water partition coefficient (Wildman–Crippen LogP) is -1.22. The van der Waals surface area contributed by atoms with Gasteiger partial charge in [0.15, 0.2) is 0 Å². The Balaban J connectivity index is 1.61. The molecular formula is C9H15N3O. The third-order valence-electron chi connectivity index (χ3n) is 3.36. The molecule has 0 aliphatic carbocycles. The maximum atomic E-state index is 11.8. The summed E-state index contributed by atoms with van der Waals surface area (Å²) in [6.45, 7) is 3.65. The summed E-state index contributed by atoms with van der Waals surface area (Å²) in [5, 5.41) is 6.57. The van der Waals surface area contributed by atoms with Crippen LogP contribution in [0.15, 0.2) is 0 Å². The van der Waals surface area contributed by atoms with Crippen LogP contribution in [0.5, 0.6) is 0 Å². The highest BCUT2D eigenvalue weighted by Gasteiger charge is 2.40. The molecule has 4 aliphatic heterocycles. The van der Waals surface area contributed by atoms with Crippen LogP contribution in [0.3, 0.4) is 0 Å². The van der Waals surface area contributed by atoms with Crippen LogP contribution in [0.1, 0.15) is 6.42 Å². The standard InChI is InChI=1S/C9H15N3O/c13-9(6-2-10-3-6)12-4-7-1-8(5-12)11-7/h6-8,10-11H,1-5H2. The zero-order valence-corrected chi connectivity index (χ0v) is 7.62. The number of carbonyl (C=O) groups is 1. The SMILES string of the molecule is O=C(C1CNC1)N1CC2CC(C1)N2. The molecule has 0 aromatic carbocycles. The maximum absolute atomic E-state index is 11.8. The smallest absolute Gasteiger partial charge is 0.228 e. The minimum Gasteiger partial charge on any atom is -0.339 e. The van der Waals surface area contributed by atoms with Crippen molar-refractivity contribution < 1.29 is 4.79 Å². The molecule has 4 rings (SSSR count). The lowest BCUT2D eigenvalue weighted by molar-refractivity contribution is -0.141. The fourth-order valence-corrected chi connectivity index (χ4v) is 2.41. The number of fused-ring (bicyclic) bond motifs is 2. The quantitative estimate of drug-likeness (QED) is 0.533. The first-order valence-corrected chi connectivity index (χ1v) is 5.08. The van der Waals surface area contributed by atoms with Crippen molar-refractivity contribution in [1.82, 2.24) is 15.5 Å². The Kier molecular flexibility index (Phi) is 1.60. The van der Waals surface area contributed by atoms with Crippen LogP contribution in [-0.2, 0) is 4.79 Å². The van der Waals surface area contributed by atoms with Crippen molar-refractivity contribution in [3.8, 4) is 0 Å². The summed E-state index contributed by atoms with van der Waals surface area (Å²) in [5.74, 6) is 0.646. The number of hydrogen-bond donors (Lipinski definition) is 2.